The van der Waals surface area contributed by atoms with Gasteiger partial charge in [-0.2, -0.15) is 4.98 Å². The molecule has 0 aliphatic carbocycles. The number of benzene rings is 1. The maximum Gasteiger partial charge on any atom is 0.224 e. The fraction of sp³-hybridized carbons (Fsp3) is 0.333. The minimum Gasteiger partial charge on any atom is -0.497 e. The molecular weight excluding hydrogens is 252 g/mol. The normalized spacial score (nSPS) is 10.2. The zero-order valence-corrected chi connectivity index (χ0v) is 12.3. The van der Waals surface area contributed by atoms with Crippen molar-refractivity contribution < 1.29 is 4.74 Å². The third kappa shape index (κ3) is 3.17. The Balaban J connectivity index is 2.16. The highest BCUT2D eigenvalue weighted by atomic mass is 16.5. The van der Waals surface area contributed by atoms with Crippen molar-refractivity contribution in [1.82, 2.24) is 9.97 Å². The van der Waals surface area contributed by atoms with Crippen molar-refractivity contribution in [3.63, 3.8) is 0 Å². The molecule has 2 aromatic rings. The van der Waals surface area contributed by atoms with E-state index in [2.05, 4.69) is 32.3 Å². The number of nitrogens with zero attached hydrogens (tertiary/aromatic N) is 3. The number of hydrogen-bond acceptors (Lipinski definition) is 5. The SMILES string of the molecule is CNc1ncc(C)c(N(C)Cc2ccc(OC)cc2)n1. The van der Waals surface area contributed by atoms with Crippen LogP contribution in [0.1, 0.15) is 11.1 Å². The van der Waals surface area contributed by atoms with Gasteiger partial charge in [0.25, 0.3) is 0 Å². The van der Waals surface area contributed by atoms with Gasteiger partial charge < -0.3 is 15.0 Å². The molecule has 0 saturated carbocycles. The number of nitrogens with one attached hydrogen (secondary N) is 1. The summed E-state index contributed by atoms with van der Waals surface area (Å²) in [4.78, 5) is 10.8. The van der Waals surface area contributed by atoms with Gasteiger partial charge in [0.2, 0.25) is 5.95 Å². The molecule has 0 aliphatic rings. The Labute approximate surface area is 119 Å². The number of aromatic nitrogens is 2. The molecule has 1 aromatic carbocycles. The lowest BCUT2D eigenvalue weighted by molar-refractivity contribution is 0.414. The van der Waals surface area contributed by atoms with Crippen molar-refractivity contribution >= 4 is 11.8 Å². The van der Waals surface area contributed by atoms with Gasteiger partial charge in [-0.25, -0.2) is 4.98 Å². The van der Waals surface area contributed by atoms with Crippen LogP contribution < -0.4 is 15.0 Å². The molecule has 1 N–H and O–H groups in total. The van der Waals surface area contributed by atoms with Crippen molar-refractivity contribution in [1.29, 1.82) is 0 Å². The molecule has 5 nitrogen and oxygen atoms in total. The third-order valence-corrected chi connectivity index (χ3v) is 3.11. The summed E-state index contributed by atoms with van der Waals surface area (Å²) < 4.78 is 5.17. The molecule has 0 radical (unpaired) electrons. The zero-order chi connectivity index (χ0) is 14.5. The van der Waals surface area contributed by atoms with Crippen LogP contribution in [0.5, 0.6) is 5.75 Å². The molecule has 0 amide bonds. The second-order valence-electron chi connectivity index (χ2n) is 4.65. The van der Waals surface area contributed by atoms with Gasteiger partial charge in [-0.1, -0.05) is 12.1 Å². The largest absolute Gasteiger partial charge is 0.497 e. The predicted octanol–water partition coefficient (Wildman–Crippen LogP) is 2.47. The van der Waals surface area contributed by atoms with Gasteiger partial charge in [-0.3, -0.25) is 0 Å². The summed E-state index contributed by atoms with van der Waals surface area (Å²) in [5.41, 5.74) is 2.26. The first kappa shape index (κ1) is 14.1. The van der Waals surface area contributed by atoms with Gasteiger partial charge in [0.15, 0.2) is 0 Å². The highest BCUT2D eigenvalue weighted by Gasteiger charge is 2.09. The van der Waals surface area contributed by atoms with Crippen molar-refractivity contribution in [2.75, 3.05) is 31.4 Å². The minimum atomic E-state index is 0.632. The standard InChI is InChI=1S/C15H20N4O/c1-11-9-17-15(16-2)18-14(11)19(3)10-12-5-7-13(20-4)8-6-12/h5-9H,10H2,1-4H3,(H,16,17,18). The van der Waals surface area contributed by atoms with Crippen molar-refractivity contribution in [3.8, 4) is 5.75 Å². The summed E-state index contributed by atoms with van der Waals surface area (Å²) in [6.07, 6.45) is 1.83. The first-order valence-corrected chi connectivity index (χ1v) is 6.49. The van der Waals surface area contributed by atoms with E-state index in [1.165, 1.54) is 5.56 Å². The Bertz CT molecular complexity index is 569. The molecule has 1 heterocycles. The quantitative estimate of drug-likeness (QED) is 0.906. The molecular formula is C15H20N4O. The highest BCUT2D eigenvalue weighted by molar-refractivity contribution is 5.48. The third-order valence-electron chi connectivity index (χ3n) is 3.11. The number of aryl methyl sites for hydroxylation is 1. The summed E-state index contributed by atoms with van der Waals surface area (Å²) in [7, 11) is 5.52. The molecule has 0 aliphatic heterocycles. The van der Waals surface area contributed by atoms with E-state index in [0.29, 0.717) is 5.95 Å². The van der Waals surface area contributed by atoms with E-state index < -0.39 is 0 Å². The van der Waals surface area contributed by atoms with E-state index in [-0.39, 0.29) is 0 Å². The summed E-state index contributed by atoms with van der Waals surface area (Å²) in [5.74, 6) is 2.43. The fourth-order valence-corrected chi connectivity index (χ4v) is 2.02. The van der Waals surface area contributed by atoms with Gasteiger partial charge in [0.05, 0.1) is 7.11 Å². The molecule has 20 heavy (non-hydrogen) atoms. The van der Waals surface area contributed by atoms with E-state index in [9.17, 15) is 0 Å². The first-order valence-electron chi connectivity index (χ1n) is 6.49. The average molecular weight is 272 g/mol. The van der Waals surface area contributed by atoms with Crippen LogP contribution in [0.25, 0.3) is 0 Å². The average Bonchev–Trinajstić information content (AvgIpc) is 2.48. The van der Waals surface area contributed by atoms with E-state index in [4.69, 9.17) is 4.74 Å². The lowest BCUT2D eigenvalue weighted by Gasteiger charge is -2.20. The summed E-state index contributed by atoms with van der Waals surface area (Å²) >= 11 is 0. The predicted molar refractivity (Wildman–Crippen MR) is 81.4 cm³/mol. The van der Waals surface area contributed by atoms with Crippen LogP contribution >= 0.6 is 0 Å². The topological polar surface area (TPSA) is 50.3 Å². The second kappa shape index (κ2) is 6.23. The monoisotopic (exact) mass is 272 g/mol. The second-order valence-corrected chi connectivity index (χ2v) is 4.65. The number of ether oxygens (including phenoxy) is 1. The number of rotatable bonds is 5. The van der Waals surface area contributed by atoms with Gasteiger partial charge in [-0.15, -0.1) is 0 Å². The number of hydrogen-bond donors (Lipinski definition) is 1. The van der Waals surface area contributed by atoms with E-state index in [1.54, 1.807) is 7.11 Å². The molecule has 1 aromatic heterocycles. The van der Waals surface area contributed by atoms with Crippen LogP contribution in [-0.4, -0.2) is 31.2 Å². The van der Waals surface area contributed by atoms with Crippen LogP contribution in [0.15, 0.2) is 30.5 Å². The molecule has 0 atom stereocenters. The molecule has 2 rings (SSSR count). The molecule has 0 unspecified atom stereocenters. The van der Waals surface area contributed by atoms with Crippen LogP contribution in [0.2, 0.25) is 0 Å². The van der Waals surface area contributed by atoms with Crippen LogP contribution in [0.4, 0.5) is 11.8 Å². The van der Waals surface area contributed by atoms with Crippen LogP contribution in [0, 0.1) is 6.92 Å². The van der Waals surface area contributed by atoms with Crippen molar-refractivity contribution in [3.05, 3.63) is 41.6 Å². The molecule has 5 heteroatoms. The number of methoxy groups -OCH3 is 1. The van der Waals surface area contributed by atoms with Crippen LogP contribution in [0.3, 0.4) is 0 Å². The minimum absolute atomic E-state index is 0.632. The Morgan fingerprint density at radius 3 is 2.55 bits per heavy atom. The Hall–Kier alpha value is -2.30. The van der Waals surface area contributed by atoms with Gasteiger partial charge in [0.1, 0.15) is 11.6 Å². The first-order chi connectivity index (χ1) is 9.63. The summed E-state index contributed by atoms with van der Waals surface area (Å²) in [6, 6.07) is 8.06. The maximum atomic E-state index is 5.17. The van der Waals surface area contributed by atoms with Crippen LogP contribution in [-0.2, 0) is 6.54 Å². The summed E-state index contributed by atoms with van der Waals surface area (Å²) in [6.45, 7) is 2.80. The smallest absolute Gasteiger partial charge is 0.224 e. The number of anilines is 2. The molecule has 0 fully saturated rings. The lowest BCUT2D eigenvalue weighted by atomic mass is 10.2. The van der Waals surface area contributed by atoms with E-state index in [1.807, 2.05) is 39.3 Å². The molecule has 0 bridgehead atoms. The van der Waals surface area contributed by atoms with Crippen molar-refractivity contribution in [2.24, 2.45) is 0 Å². The Kier molecular flexibility index (Phi) is 4.40. The van der Waals surface area contributed by atoms with E-state index in [0.717, 1.165) is 23.7 Å². The molecule has 0 saturated heterocycles. The highest BCUT2D eigenvalue weighted by Crippen LogP contribution is 2.19. The van der Waals surface area contributed by atoms with Crippen molar-refractivity contribution in [2.45, 2.75) is 13.5 Å². The Morgan fingerprint density at radius 2 is 1.95 bits per heavy atom. The summed E-state index contributed by atoms with van der Waals surface area (Å²) in [5, 5.41) is 2.96. The molecule has 106 valence electrons. The van der Waals surface area contributed by atoms with Gasteiger partial charge >= 0.3 is 0 Å². The van der Waals surface area contributed by atoms with Gasteiger partial charge in [0, 0.05) is 32.4 Å². The molecule has 0 spiro atoms. The van der Waals surface area contributed by atoms with Gasteiger partial charge in [-0.05, 0) is 24.6 Å². The fourth-order valence-electron chi connectivity index (χ4n) is 2.02. The Morgan fingerprint density at radius 1 is 1.25 bits per heavy atom. The van der Waals surface area contributed by atoms with E-state index >= 15 is 0 Å². The lowest BCUT2D eigenvalue weighted by Crippen LogP contribution is -2.19. The maximum absolute atomic E-state index is 5.17. The zero-order valence-electron chi connectivity index (χ0n) is 12.3.